The molecule has 0 aromatic heterocycles. The molecular formula is C22H39NaO5. The maximum absolute atomic E-state index is 11.8. The molecule has 0 unspecified atom stereocenters. The SMILES string of the molecule is CCCCCCCCCCCCCCCC/C(C(=O)OC)=C(/[O-])C(=O)OC.[Na+]. The fraction of sp³-hybridized carbons (Fsp3) is 0.818. The van der Waals surface area contributed by atoms with E-state index in [-0.39, 0.29) is 41.6 Å². The number of carbonyl (C=O) groups excluding carboxylic acids is 2. The van der Waals surface area contributed by atoms with E-state index in [2.05, 4.69) is 16.4 Å². The standard InChI is InChI=1S/C22H40O5.Na/c1-4-5-6-7-8-9-10-11-12-13-14-15-16-17-18-19(21(24)26-2)20(23)22(25)27-3;/h23H,4-18H2,1-3H3;/q;+1/p-1/b20-19-;. The van der Waals surface area contributed by atoms with E-state index in [0.717, 1.165) is 20.0 Å². The van der Waals surface area contributed by atoms with Crippen LogP contribution in [-0.2, 0) is 19.1 Å². The third kappa shape index (κ3) is 15.4. The summed E-state index contributed by atoms with van der Waals surface area (Å²) >= 11 is 0. The zero-order valence-electron chi connectivity index (χ0n) is 18.6. The molecule has 0 heterocycles. The van der Waals surface area contributed by atoms with Crippen LogP contribution in [0.5, 0.6) is 0 Å². The largest absolute Gasteiger partial charge is 1.00 e. The summed E-state index contributed by atoms with van der Waals surface area (Å²) in [6, 6.07) is 0. The number of unbranched alkanes of at least 4 members (excludes halogenated alkanes) is 13. The molecule has 0 aromatic rings. The van der Waals surface area contributed by atoms with E-state index < -0.39 is 17.7 Å². The van der Waals surface area contributed by atoms with E-state index >= 15 is 0 Å². The van der Waals surface area contributed by atoms with Gasteiger partial charge in [-0.15, -0.1) is 0 Å². The second kappa shape index (κ2) is 21.2. The van der Waals surface area contributed by atoms with E-state index in [9.17, 15) is 14.7 Å². The van der Waals surface area contributed by atoms with Crippen molar-refractivity contribution >= 4 is 11.9 Å². The van der Waals surface area contributed by atoms with Crippen LogP contribution in [0.4, 0.5) is 0 Å². The van der Waals surface area contributed by atoms with Crippen molar-refractivity contribution < 1.29 is 53.7 Å². The summed E-state index contributed by atoms with van der Waals surface area (Å²) in [6.07, 6.45) is 17.5. The molecule has 0 atom stereocenters. The first-order chi connectivity index (χ1) is 13.1. The fourth-order valence-corrected chi connectivity index (χ4v) is 3.14. The van der Waals surface area contributed by atoms with Gasteiger partial charge in [-0.05, 0) is 18.6 Å². The molecule has 0 aliphatic carbocycles. The zero-order chi connectivity index (χ0) is 20.3. The van der Waals surface area contributed by atoms with Crippen molar-refractivity contribution in [1.29, 1.82) is 0 Å². The molecule has 0 amide bonds. The van der Waals surface area contributed by atoms with Gasteiger partial charge in [0.25, 0.3) is 0 Å². The minimum atomic E-state index is -1.01. The molecule has 0 aliphatic rings. The summed E-state index contributed by atoms with van der Waals surface area (Å²) in [5, 5.41) is 11.8. The van der Waals surface area contributed by atoms with Gasteiger partial charge in [0.1, 0.15) is 0 Å². The summed E-state index contributed by atoms with van der Waals surface area (Å²) in [5.74, 6) is -2.64. The number of ether oxygens (including phenoxy) is 2. The van der Waals surface area contributed by atoms with Gasteiger partial charge >= 0.3 is 41.5 Å². The van der Waals surface area contributed by atoms with Crippen molar-refractivity contribution in [3.8, 4) is 0 Å². The van der Waals surface area contributed by atoms with E-state index in [1.165, 1.54) is 77.7 Å². The van der Waals surface area contributed by atoms with Crippen LogP contribution in [0.25, 0.3) is 0 Å². The normalized spacial score (nSPS) is 11.4. The first-order valence-electron chi connectivity index (χ1n) is 10.6. The average molecular weight is 407 g/mol. The molecule has 0 spiro atoms. The van der Waals surface area contributed by atoms with Gasteiger partial charge in [-0.3, -0.25) is 0 Å². The molecule has 6 heteroatoms. The fourth-order valence-electron chi connectivity index (χ4n) is 3.14. The predicted molar refractivity (Wildman–Crippen MR) is 106 cm³/mol. The monoisotopic (exact) mass is 406 g/mol. The number of methoxy groups -OCH3 is 2. The van der Waals surface area contributed by atoms with Crippen molar-refractivity contribution in [3.05, 3.63) is 11.3 Å². The molecule has 0 fully saturated rings. The van der Waals surface area contributed by atoms with Crippen LogP contribution in [0.15, 0.2) is 11.3 Å². The molecule has 0 aromatic carbocycles. The number of carbonyl (C=O) groups is 2. The Balaban J connectivity index is 0. The molecule has 0 radical (unpaired) electrons. The Hall–Kier alpha value is -0.520. The maximum Gasteiger partial charge on any atom is 1.00 e. The predicted octanol–water partition coefficient (Wildman–Crippen LogP) is 1.82. The summed E-state index contributed by atoms with van der Waals surface area (Å²) < 4.78 is 8.99. The van der Waals surface area contributed by atoms with Crippen molar-refractivity contribution in [1.82, 2.24) is 0 Å². The quantitative estimate of drug-likeness (QED) is 0.121. The Morgan fingerprint density at radius 1 is 0.643 bits per heavy atom. The molecular weight excluding hydrogens is 367 g/mol. The van der Waals surface area contributed by atoms with Crippen LogP contribution >= 0.6 is 0 Å². The van der Waals surface area contributed by atoms with Crippen molar-refractivity contribution in [3.63, 3.8) is 0 Å². The molecule has 28 heavy (non-hydrogen) atoms. The van der Waals surface area contributed by atoms with Crippen LogP contribution in [0.3, 0.4) is 0 Å². The second-order valence-electron chi connectivity index (χ2n) is 7.14. The summed E-state index contributed by atoms with van der Waals surface area (Å²) in [5.41, 5.74) is -0.108. The minimum absolute atomic E-state index is 0. The zero-order valence-corrected chi connectivity index (χ0v) is 20.6. The number of hydrogen-bond donors (Lipinski definition) is 0. The molecule has 158 valence electrons. The van der Waals surface area contributed by atoms with E-state index in [4.69, 9.17) is 0 Å². The van der Waals surface area contributed by atoms with Crippen molar-refractivity contribution in [2.45, 2.75) is 103 Å². The van der Waals surface area contributed by atoms with E-state index in [0.29, 0.717) is 6.42 Å². The molecule has 0 rings (SSSR count). The summed E-state index contributed by atoms with van der Waals surface area (Å²) in [6.45, 7) is 2.25. The number of esters is 2. The number of hydrogen-bond acceptors (Lipinski definition) is 5. The molecule has 0 saturated heterocycles. The first-order valence-corrected chi connectivity index (χ1v) is 10.6. The van der Waals surface area contributed by atoms with Gasteiger partial charge in [-0.1, -0.05) is 90.4 Å². The Morgan fingerprint density at radius 3 is 1.36 bits per heavy atom. The van der Waals surface area contributed by atoms with E-state index in [1.807, 2.05) is 0 Å². The smallest absolute Gasteiger partial charge is 0.867 e. The average Bonchev–Trinajstić information content (AvgIpc) is 2.69. The molecule has 0 bridgehead atoms. The van der Waals surface area contributed by atoms with Crippen LogP contribution in [-0.4, -0.2) is 26.2 Å². The molecule has 0 saturated carbocycles. The minimum Gasteiger partial charge on any atom is -0.867 e. The van der Waals surface area contributed by atoms with Gasteiger partial charge in [0, 0.05) is 5.57 Å². The van der Waals surface area contributed by atoms with Gasteiger partial charge in [0.15, 0.2) is 0 Å². The van der Waals surface area contributed by atoms with Gasteiger partial charge in [0.2, 0.25) is 0 Å². The van der Waals surface area contributed by atoms with Crippen LogP contribution in [0.2, 0.25) is 0 Å². The number of rotatable bonds is 17. The molecule has 0 aliphatic heterocycles. The Bertz CT molecular complexity index is 435. The van der Waals surface area contributed by atoms with Crippen LogP contribution in [0, 0.1) is 0 Å². The topological polar surface area (TPSA) is 75.7 Å². The third-order valence-corrected chi connectivity index (χ3v) is 4.86. The maximum atomic E-state index is 11.8. The van der Waals surface area contributed by atoms with Crippen molar-refractivity contribution in [2.75, 3.05) is 14.2 Å². The van der Waals surface area contributed by atoms with Gasteiger partial charge in [-0.2, -0.15) is 0 Å². The van der Waals surface area contributed by atoms with Crippen molar-refractivity contribution in [2.24, 2.45) is 0 Å². The Labute approximate surface area is 193 Å². The van der Waals surface area contributed by atoms with Crippen LogP contribution < -0.4 is 34.7 Å². The Kier molecular flexibility index (Phi) is 22.5. The summed E-state index contributed by atoms with van der Waals surface area (Å²) in [7, 11) is 2.33. The second-order valence-corrected chi connectivity index (χ2v) is 7.14. The first kappa shape index (κ1) is 29.7. The summed E-state index contributed by atoms with van der Waals surface area (Å²) in [4.78, 5) is 23.0. The van der Waals surface area contributed by atoms with Crippen LogP contribution in [0.1, 0.15) is 103 Å². The van der Waals surface area contributed by atoms with Gasteiger partial charge in [0.05, 0.1) is 14.2 Å². The molecule has 5 nitrogen and oxygen atoms in total. The van der Waals surface area contributed by atoms with E-state index in [1.54, 1.807) is 0 Å². The third-order valence-electron chi connectivity index (χ3n) is 4.86. The van der Waals surface area contributed by atoms with Gasteiger partial charge in [-0.25, -0.2) is 9.59 Å². The Morgan fingerprint density at radius 2 is 1.00 bits per heavy atom. The van der Waals surface area contributed by atoms with Gasteiger partial charge < -0.3 is 14.6 Å². The molecule has 0 N–H and O–H groups in total.